The Morgan fingerprint density at radius 2 is 1.48 bits per heavy atom. The fourth-order valence-electron chi connectivity index (χ4n) is 3.77. The summed E-state index contributed by atoms with van der Waals surface area (Å²) in [5.41, 5.74) is 0.405. The highest BCUT2D eigenvalue weighted by atomic mass is 16.6. The van der Waals surface area contributed by atoms with Gasteiger partial charge in [-0.3, -0.25) is 9.59 Å². The highest BCUT2D eigenvalue weighted by molar-refractivity contribution is 5.90. The van der Waals surface area contributed by atoms with Gasteiger partial charge in [0.2, 0.25) is 5.75 Å². The summed E-state index contributed by atoms with van der Waals surface area (Å²) in [6.07, 6.45) is 10.8. The lowest BCUT2D eigenvalue weighted by atomic mass is 10.1. The van der Waals surface area contributed by atoms with Crippen LogP contribution in [0.5, 0.6) is 17.2 Å². The van der Waals surface area contributed by atoms with E-state index in [1.54, 1.807) is 4.57 Å². The van der Waals surface area contributed by atoms with Crippen LogP contribution in [-0.2, 0) is 11.3 Å². The van der Waals surface area contributed by atoms with Crippen LogP contribution in [0.15, 0.2) is 23.0 Å². The molecule has 6 heteroatoms. The number of pyridine rings is 1. The molecule has 0 N–H and O–H groups in total. The molecule has 0 bridgehead atoms. The van der Waals surface area contributed by atoms with Gasteiger partial charge in [0.25, 0.3) is 5.56 Å². The van der Waals surface area contributed by atoms with Gasteiger partial charge in [-0.2, -0.15) is 0 Å². The van der Waals surface area contributed by atoms with Gasteiger partial charge in [-0.05, 0) is 31.4 Å². The van der Waals surface area contributed by atoms with E-state index in [2.05, 4.69) is 20.8 Å². The Bertz CT molecular complexity index is 934. The zero-order valence-electron chi connectivity index (χ0n) is 20.9. The van der Waals surface area contributed by atoms with Crippen molar-refractivity contribution in [3.05, 3.63) is 28.6 Å². The van der Waals surface area contributed by atoms with Crippen molar-refractivity contribution < 1.29 is 19.0 Å². The minimum Gasteiger partial charge on any atom is -0.494 e. The van der Waals surface area contributed by atoms with Crippen molar-refractivity contribution in [1.29, 1.82) is 0 Å². The molecule has 0 spiro atoms. The molecule has 0 radical (unpaired) electrons. The van der Waals surface area contributed by atoms with E-state index < -0.39 is 5.97 Å². The third kappa shape index (κ3) is 8.09. The number of hydrogen-bond acceptors (Lipinski definition) is 5. The third-order valence-corrected chi connectivity index (χ3v) is 5.64. The number of aromatic nitrogens is 1. The zero-order valence-corrected chi connectivity index (χ0v) is 20.9. The number of esters is 1. The first-order chi connectivity index (χ1) is 16.0. The van der Waals surface area contributed by atoms with E-state index in [0.717, 1.165) is 55.2 Å². The van der Waals surface area contributed by atoms with Crippen LogP contribution in [0.1, 0.15) is 91.9 Å². The van der Waals surface area contributed by atoms with E-state index >= 15 is 0 Å². The van der Waals surface area contributed by atoms with E-state index in [1.807, 2.05) is 18.2 Å². The van der Waals surface area contributed by atoms with Crippen molar-refractivity contribution in [2.24, 2.45) is 0 Å². The summed E-state index contributed by atoms with van der Waals surface area (Å²) in [6, 6.07) is 5.72. The Balaban J connectivity index is 2.37. The summed E-state index contributed by atoms with van der Waals surface area (Å²) >= 11 is 0. The van der Waals surface area contributed by atoms with Crippen molar-refractivity contribution >= 4 is 16.9 Å². The minimum absolute atomic E-state index is 0.0250. The standard InChI is InChI=1S/C27H41NO5/c1-5-8-11-12-13-14-19-31-22-15-16-23-24(20-22)28(17-9-6-2)27(30)26(33-21(4)29)25(23)32-18-10-7-3/h15-16,20H,5-14,17-19H2,1-4H3. The molecule has 0 unspecified atom stereocenters. The predicted octanol–water partition coefficient (Wildman–Crippen LogP) is 6.65. The lowest BCUT2D eigenvalue weighted by Crippen LogP contribution is -2.25. The molecular formula is C27H41NO5. The number of ether oxygens (including phenoxy) is 3. The SMILES string of the molecule is CCCCCCCCOc1ccc2c(OCCCC)c(OC(C)=O)c(=O)n(CCCC)c2c1. The largest absolute Gasteiger partial charge is 0.494 e. The lowest BCUT2D eigenvalue weighted by molar-refractivity contribution is -0.132. The summed E-state index contributed by atoms with van der Waals surface area (Å²) in [4.78, 5) is 25.1. The molecule has 0 aliphatic rings. The van der Waals surface area contributed by atoms with Crippen LogP contribution in [0.25, 0.3) is 10.9 Å². The second-order valence-corrected chi connectivity index (χ2v) is 8.56. The van der Waals surface area contributed by atoms with Crippen LogP contribution in [0.2, 0.25) is 0 Å². The second-order valence-electron chi connectivity index (χ2n) is 8.56. The molecule has 2 rings (SSSR count). The van der Waals surface area contributed by atoms with E-state index in [9.17, 15) is 9.59 Å². The van der Waals surface area contributed by atoms with Crippen LogP contribution in [0, 0.1) is 0 Å². The third-order valence-electron chi connectivity index (χ3n) is 5.64. The molecule has 0 amide bonds. The summed E-state index contributed by atoms with van der Waals surface area (Å²) in [5.74, 6) is 0.519. The smallest absolute Gasteiger partial charge is 0.308 e. The molecule has 0 atom stereocenters. The Hall–Kier alpha value is -2.50. The monoisotopic (exact) mass is 459 g/mol. The van der Waals surface area contributed by atoms with Gasteiger partial charge in [-0.25, -0.2) is 0 Å². The summed E-state index contributed by atoms with van der Waals surface area (Å²) in [6.45, 7) is 9.32. The van der Waals surface area contributed by atoms with Crippen LogP contribution in [0.4, 0.5) is 0 Å². The maximum absolute atomic E-state index is 13.3. The number of aryl methyl sites for hydroxylation is 1. The van der Waals surface area contributed by atoms with Crippen molar-refractivity contribution in [2.75, 3.05) is 13.2 Å². The lowest BCUT2D eigenvalue weighted by Gasteiger charge is -2.18. The van der Waals surface area contributed by atoms with E-state index in [1.165, 1.54) is 32.6 Å². The van der Waals surface area contributed by atoms with E-state index in [4.69, 9.17) is 14.2 Å². The summed E-state index contributed by atoms with van der Waals surface area (Å²) in [5, 5.41) is 0.755. The summed E-state index contributed by atoms with van der Waals surface area (Å²) < 4.78 is 19.0. The number of hydrogen-bond donors (Lipinski definition) is 0. The highest BCUT2D eigenvalue weighted by Crippen LogP contribution is 2.35. The molecule has 33 heavy (non-hydrogen) atoms. The van der Waals surface area contributed by atoms with Crippen LogP contribution < -0.4 is 19.8 Å². The molecule has 0 saturated heterocycles. The molecule has 6 nitrogen and oxygen atoms in total. The Morgan fingerprint density at radius 3 is 2.18 bits per heavy atom. The van der Waals surface area contributed by atoms with Gasteiger partial charge < -0.3 is 18.8 Å². The number of unbranched alkanes of at least 4 members (excludes halogenated alkanes) is 7. The predicted molar refractivity (Wildman–Crippen MR) is 134 cm³/mol. The Labute approximate surface area is 198 Å². The maximum Gasteiger partial charge on any atom is 0.308 e. The molecule has 0 aliphatic carbocycles. The molecule has 1 heterocycles. The first kappa shape index (κ1) is 26.7. The van der Waals surface area contributed by atoms with Gasteiger partial charge in [0.15, 0.2) is 5.75 Å². The van der Waals surface area contributed by atoms with Crippen LogP contribution >= 0.6 is 0 Å². The van der Waals surface area contributed by atoms with Gasteiger partial charge in [0, 0.05) is 24.9 Å². The maximum atomic E-state index is 13.3. The molecule has 1 aromatic carbocycles. The number of carbonyl (C=O) groups excluding carboxylic acids is 1. The first-order valence-electron chi connectivity index (χ1n) is 12.7. The minimum atomic E-state index is -0.535. The number of nitrogens with zero attached hydrogens (tertiary/aromatic N) is 1. The molecule has 1 aromatic heterocycles. The number of benzene rings is 1. The Kier molecular flexibility index (Phi) is 11.8. The van der Waals surface area contributed by atoms with Gasteiger partial charge in [-0.1, -0.05) is 65.7 Å². The average Bonchev–Trinajstić information content (AvgIpc) is 2.80. The molecule has 184 valence electrons. The van der Waals surface area contributed by atoms with Gasteiger partial charge in [0.05, 0.1) is 18.7 Å². The topological polar surface area (TPSA) is 66.8 Å². The van der Waals surface area contributed by atoms with Crippen molar-refractivity contribution in [2.45, 2.75) is 98.4 Å². The van der Waals surface area contributed by atoms with Crippen molar-refractivity contribution in [1.82, 2.24) is 4.57 Å². The quantitative estimate of drug-likeness (QED) is 0.208. The average molecular weight is 460 g/mol. The van der Waals surface area contributed by atoms with Crippen molar-refractivity contribution in [3.63, 3.8) is 0 Å². The van der Waals surface area contributed by atoms with E-state index in [-0.39, 0.29) is 11.3 Å². The van der Waals surface area contributed by atoms with Gasteiger partial charge in [0.1, 0.15) is 5.75 Å². The summed E-state index contributed by atoms with van der Waals surface area (Å²) in [7, 11) is 0. The fraction of sp³-hybridized carbons (Fsp3) is 0.630. The Morgan fingerprint density at radius 1 is 0.818 bits per heavy atom. The zero-order chi connectivity index (χ0) is 24.1. The first-order valence-corrected chi connectivity index (χ1v) is 12.7. The normalized spacial score (nSPS) is 11.0. The van der Waals surface area contributed by atoms with Crippen LogP contribution in [0.3, 0.4) is 0 Å². The number of fused-ring (bicyclic) bond motifs is 1. The van der Waals surface area contributed by atoms with Crippen molar-refractivity contribution in [3.8, 4) is 17.2 Å². The molecule has 0 saturated carbocycles. The second kappa shape index (κ2) is 14.6. The fourth-order valence-corrected chi connectivity index (χ4v) is 3.77. The molecule has 0 aliphatic heterocycles. The van der Waals surface area contributed by atoms with Crippen LogP contribution in [-0.4, -0.2) is 23.8 Å². The van der Waals surface area contributed by atoms with Gasteiger partial charge >= 0.3 is 5.97 Å². The van der Waals surface area contributed by atoms with E-state index in [0.29, 0.717) is 25.5 Å². The number of carbonyl (C=O) groups is 1. The highest BCUT2D eigenvalue weighted by Gasteiger charge is 2.21. The molecule has 2 aromatic rings. The molecule has 0 fully saturated rings. The molecular weight excluding hydrogens is 418 g/mol. The number of rotatable bonds is 16. The van der Waals surface area contributed by atoms with Gasteiger partial charge in [-0.15, -0.1) is 0 Å².